The van der Waals surface area contributed by atoms with E-state index in [0.29, 0.717) is 0 Å². The molecule has 1 aromatic rings. The summed E-state index contributed by atoms with van der Waals surface area (Å²) >= 11 is 0. The predicted molar refractivity (Wildman–Crippen MR) is 52.7 cm³/mol. The highest BCUT2D eigenvalue weighted by Crippen LogP contribution is 2.16. The van der Waals surface area contributed by atoms with E-state index in [-0.39, 0.29) is 0 Å². The monoisotopic (exact) mass is 220 g/mol. The van der Waals surface area contributed by atoms with Crippen molar-refractivity contribution in [3.63, 3.8) is 0 Å². The molecule has 0 radical (unpaired) electrons. The van der Waals surface area contributed by atoms with Crippen molar-refractivity contribution in [2.45, 2.75) is 13.0 Å². The second-order valence-electron chi connectivity index (χ2n) is 2.70. The maximum atomic E-state index is 9.67. The van der Waals surface area contributed by atoms with Gasteiger partial charge in [0.25, 0.3) is 0 Å². The van der Waals surface area contributed by atoms with E-state index in [1.807, 2.05) is 24.3 Å². The van der Waals surface area contributed by atoms with Gasteiger partial charge in [-0.1, -0.05) is 12.1 Å². The molecule has 0 saturated carbocycles. The Morgan fingerprint density at radius 2 is 1.60 bits per heavy atom. The highest BCUT2D eigenvalue weighted by molar-refractivity contribution is 6.33. The van der Waals surface area contributed by atoms with Crippen LogP contribution in [0.1, 0.15) is 18.6 Å². The fourth-order valence-corrected chi connectivity index (χ4v) is 0.882. The summed E-state index contributed by atoms with van der Waals surface area (Å²) in [5, 5.41) is 9.15. The zero-order chi connectivity index (χ0) is 11.8. The van der Waals surface area contributed by atoms with Crippen molar-refractivity contribution in [2.24, 2.45) is 0 Å². The Balaban J connectivity index is 0.000000423. The maximum absolute atomic E-state index is 9.67. The molecule has 0 heterocycles. The van der Waals surface area contributed by atoms with E-state index in [1.54, 1.807) is 14.0 Å². The van der Waals surface area contributed by atoms with Crippen molar-refractivity contribution < 1.29 is 22.8 Å². The Kier molecular flexibility index (Phi) is 6.61. The number of aliphatic hydroxyl groups excluding tert-OH is 1. The highest BCUT2D eigenvalue weighted by Gasteiger charge is 2.06. The van der Waals surface area contributed by atoms with Gasteiger partial charge in [0.2, 0.25) is 0 Å². The number of benzene rings is 1. The van der Waals surface area contributed by atoms with Gasteiger partial charge in [0.05, 0.1) is 13.2 Å². The molecule has 0 aliphatic heterocycles. The van der Waals surface area contributed by atoms with Gasteiger partial charge in [-0.3, -0.25) is 12.9 Å². The molecule has 2 nitrogen and oxygen atoms in total. The average Bonchev–Trinajstić information content (AvgIpc) is 2.17. The summed E-state index contributed by atoms with van der Waals surface area (Å²) in [6, 6.07) is 7.37. The standard InChI is InChI=1S/C9H12O2.BF3/c1-7(10)8-3-5-9(11-2)6-4-8;2-1(3)4/h3-7,10H,1-2H3;. The predicted octanol–water partition coefficient (Wildman–Crippen LogP) is 2.63. The molecule has 0 saturated heterocycles. The molecule has 0 fully saturated rings. The molecule has 15 heavy (non-hydrogen) atoms. The van der Waals surface area contributed by atoms with Crippen molar-refractivity contribution in [2.75, 3.05) is 7.11 Å². The van der Waals surface area contributed by atoms with E-state index in [2.05, 4.69) is 0 Å². The van der Waals surface area contributed by atoms with Crippen LogP contribution in [0.2, 0.25) is 0 Å². The molecule has 0 aliphatic carbocycles. The lowest BCUT2D eigenvalue weighted by Gasteiger charge is -2.04. The SMILES string of the molecule is COc1ccc(C(C)O)cc1.FB(F)F. The zero-order valence-corrected chi connectivity index (χ0v) is 8.45. The van der Waals surface area contributed by atoms with Gasteiger partial charge in [-0.05, 0) is 24.6 Å². The quantitative estimate of drug-likeness (QED) is 0.776. The molecular formula is C9H12BF3O2. The van der Waals surface area contributed by atoms with Crippen LogP contribution >= 0.6 is 0 Å². The van der Waals surface area contributed by atoms with Gasteiger partial charge in [-0.2, -0.15) is 0 Å². The second-order valence-corrected chi connectivity index (χ2v) is 2.70. The minimum atomic E-state index is -3.67. The molecular weight excluding hydrogens is 208 g/mol. The largest absolute Gasteiger partial charge is 0.762 e. The normalized spacial score (nSPS) is 11.1. The van der Waals surface area contributed by atoms with Gasteiger partial charge in [-0.15, -0.1) is 0 Å². The van der Waals surface area contributed by atoms with Gasteiger partial charge in [0.1, 0.15) is 5.75 Å². The van der Waals surface area contributed by atoms with Crippen LogP contribution in [0.5, 0.6) is 5.75 Å². The van der Waals surface area contributed by atoms with Crippen LogP contribution in [0.3, 0.4) is 0 Å². The maximum Gasteiger partial charge on any atom is 0.762 e. The summed E-state index contributed by atoms with van der Waals surface area (Å²) in [6.45, 7) is 1.74. The third kappa shape index (κ3) is 6.85. The van der Waals surface area contributed by atoms with Crippen molar-refractivity contribution in [1.29, 1.82) is 0 Å². The number of aliphatic hydroxyl groups is 1. The van der Waals surface area contributed by atoms with Crippen molar-refractivity contribution in [3.8, 4) is 5.75 Å². The first-order chi connectivity index (χ1) is 6.97. The topological polar surface area (TPSA) is 29.5 Å². The molecule has 1 atom stereocenters. The highest BCUT2D eigenvalue weighted by atomic mass is 19.4. The third-order valence-corrected chi connectivity index (χ3v) is 1.60. The number of ether oxygens (including phenoxy) is 1. The van der Waals surface area contributed by atoms with Crippen molar-refractivity contribution in [1.82, 2.24) is 0 Å². The van der Waals surface area contributed by atoms with Gasteiger partial charge >= 0.3 is 7.54 Å². The second kappa shape index (κ2) is 7.17. The van der Waals surface area contributed by atoms with Crippen molar-refractivity contribution >= 4 is 7.54 Å². The Morgan fingerprint density at radius 1 is 1.20 bits per heavy atom. The zero-order valence-electron chi connectivity index (χ0n) is 8.45. The first-order valence-corrected chi connectivity index (χ1v) is 4.21. The van der Waals surface area contributed by atoms with Crippen LogP contribution in [-0.4, -0.2) is 19.8 Å². The lowest BCUT2D eigenvalue weighted by molar-refractivity contribution is 0.199. The first kappa shape index (κ1) is 13.8. The minimum absolute atomic E-state index is 0.402. The molecule has 1 aromatic carbocycles. The van der Waals surface area contributed by atoms with Crippen LogP contribution < -0.4 is 4.74 Å². The third-order valence-electron chi connectivity index (χ3n) is 1.60. The smallest absolute Gasteiger partial charge is 0.497 e. The van der Waals surface area contributed by atoms with Crippen LogP contribution in [0.15, 0.2) is 24.3 Å². The molecule has 1 N–H and O–H groups in total. The fraction of sp³-hybridized carbons (Fsp3) is 0.333. The Morgan fingerprint density at radius 3 is 1.87 bits per heavy atom. The molecule has 6 heteroatoms. The summed E-state index contributed by atoms with van der Waals surface area (Å²) in [5.41, 5.74) is 0.908. The molecule has 1 rings (SSSR count). The number of rotatable bonds is 2. The van der Waals surface area contributed by atoms with E-state index < -0.39 is 13.6 Å². The summed E-state index contributed by atoms with van der Waals surface area (Å²) in [5.74, 6) is 0.814. The Hall–Kier alpha value is -1.17. The van der Waals surface area contributed by atoms with E-state index >= 15 is 0 Å². The van der Waals surface area contributed by atoms with Gasteiger partial charge < -0.3 is 9.84 Å². The number of methoxy groups -OCH3 is 1. The van der Waals surface area contributed by atoms with Crippen LogP contribution in [0.4, 0.5) is 12.9 Å². The number of hydrogen-bond acceptors (Lipinski definition) is 2. The number of hydrogen-bond donors (Lipinski definition) is 1. The minimum Gasteiger partial charge on any atom is -0.497 e. The molecule has 0 amide bonds. The van der Waals surface area contributed by atoms with E-state index in [1.165, 1.54) is 0 Å². The van der Waals surface area contributed by atoms with Crippen LogP contribution in [0.25, 0.3) is 0 Å². The van der Waals surface area contributed by atoms with Crippen molar-refractivity contribution in [3.05, 3.63) is 29.8 Å². The van der Waals surface area contributed by atoms with Gasteiger partial charge in [-0.25, -0.2) is 0 Å². The summed E-state index contributed by atoms with van der Waals surface area (Å²) < 4.78 is 34.0. The molecule has 0 spiro atoms. The van der Waals surface area contributed by atoms with E-state index in [9.17, 15) is 12.9 Å². The van der Waals surface area contributed by atoms with E-state index in [4.69, 9.17) is 9.84 Å². The summed E-state index contributed by atoms with van der Waals surface area (Å²) in [6.07, 6.45) is -0.402. The van der Waals surface area contributed by atoms with Gasteiger partial charge in [0, 0.05) is 0 Å². The van der Waals surface area contributed by atoms with E-state index in [0.717, 1.165) is 11.3 Å². The lowest BCUT2D eigenvalue weighted by Crippen LogP contribution is -1.90. The van der Waals surface area contributed by atoms with Gasteiger partial charge in [0.15, 0.2) is 0 Å². The summed E-state index contributed by atoms with van der Waals surface area (Å²) in [7, 11) is -2.04. The first-order valence-electron chi connectivity index (χ1n) is 4.21. The molecule has 84 valence electrons. The van der Waals surface area contributed by atoms with Crippen LogP contribution in [0, 0.1) is 0 Å². The fourth-order valence-electron chi connectivity index (χ4n) is 0.882. The summed E-state index contributed by atoms with van der Waals surface area (Å²) in [4.78, 5) is 0. The lowest BCUT2D eigenvalue weighted by atomic mass is 10.1. The molecule has 0 aromatic heterocycles. The van der Waals surface area contributed by atoms with Crippen LogP contribution in [-0.2, 0) is 0 Å². The molecule has 0 aliphatic rings. The molecule has 1 unspecified atom stereocenters. The Bertz CT molecular complexity index is 262. The Labute approximate surface area is 86.9 Å². The number of halogens is 3. The average molecular weight is 220 g/mol. The molecule has 0 bridgehead atoms.